The lowest BCUT2D eigenvalue weighted by atomic mass is 9.96. The van der Waals surface area contributed by atoms with E-state index >= 15 is 0 Å². The Balaban J connectivity index is 1.52. The van der Waals surface area contributed by atoms with Gasteiger partial charge in [0.2, 0.25) is 0 Å². The summed E-state index contributed by atoms with van der Waals surface area (Å²) in [4.78, 5) is 5.95. The van der Waals surface area contributed by atoms with Crippen molar-refractivity contribution in [2.75, 3.05) is 7.11 Å². The van der Waals surface area contributed by atoms with E-state index < -0.39 is 0 Å². The first kappa shape index (κ1) is 19.2. The molecule has 0 fully saturated rings. The summed E-state index contributed by atoms with van der Waals surface area (Å²) in [5.74, 6) is 1.36. The molecule has 4 rings (SSSR count). The van der Waals surface area contributed by atoms with Gasteiger partial charge in [-0.3, -0.25) is 0 Å². The molecular formula is C24H22N2O2S. The smallest absolute Gasteiger partial charge is 0.161 e. The Bertz CT molecular complexity index is 1060. The standard InChI is InChI=1S/C24H22N2O2S/c1-27-22-13-18(11-12-21(22)28-16-17-7-3-2-4-8-17)15-26-24-20(14-25)19-9-5-6-10-23(19)29-24/h2-4,7-8,11-13,15H,5-6,9-10,16H2,1H3/b26-15+. The number of benzene rings is 2. The fourth-order valence-corrected chi connectivity index (χ4v) is 4.69. The van der Waals surface area contributed by atoms with E-state index in [4.69, 9.17) is 9.47 Å². The minimum absolute atomic E-state index is 0.483. The molecule has 0 saturated carbocycles. The molecule has 4 nitrogen and oxygen atoms in total. The van der Waals surface area contributed by atoms with Crippen LogP contribution in [0.1, 0.15) is 40.0 Å². The van der Waals surface area contributed by atoms with Crippen LogP contribution in [0.4, 0.5) is 5.00 Å². The monoisotopic (exact) mass is 402 g/mol. The highest BCUT2D eigenvalue weighted by Crippen LogP contribution is 2.39. The first-order chi connectivity index (χ1) is 14.3. The van der Waals surface area contributed by atoms with Crippen LogP contribution in [0, 0.1) is 11.3 Å². The lowest BCUT2D eigenvalue weighted by molar-refractivity contribution is 0.284. The van der Waals surface area contributed by atoms with Crippen molar-refractivity contribution in [3.05, 3.63) is 75.7 Å². The summed E-state index contributed by atoms with van der Waals surface area (Å²) in [6, 6.07) is 18.1. The highest BCUT2D eigenvalue weighted by molar-refractivity contribution is 7.16. The second-order valence-electron chi connectivity index (χ2n) is 6.95. The van der Waals surface area contributed by atoms with Crippen LogP contribution in [0.25, 0.3) is 0 Å². The zero-order valence-corrected chi connectivity index (χ0v) is 17.2. The second kappa shape index (κ2) is 8.93. The van der Waals surface area contributed by atoms with Gasteiger partial charge in [0.15, 0.2) is 11.5 Å². The van der Waals surface area contributed by atoms with Gasteiger partial charge in [0, 0.05) is 11.1 Å². The Morgan fingerprint density at radius 2 is 1.93 bits per heavy atom. The second-order valence-corrected chi connectivity index (χ2v) is 8.03. The third kappa shape index (κ3) is 4.33. The number of aryl methyl sites for hydroxylation is 1. The van der Waals surface area contributed by atoms with Crippen molar-refractivity contribution < 1.29 is 9.47 Å². The third-order valence-corrected chi connectivity index (χ3v) is 6.22. The van der Waals surface area contributed by atoms with Gasteiger partial charge < -0.3 is 9.47 Å². The van der Waals surface area contributed by atoms with Crippen molar-refractivity contribution in [3.63, 3.8) is 0 Å². The summed E-state index contributed by atoms with van der Waals surface area (Å²) in [5.41, 5.74) is 3.96. The molecule has 1 heterocycles. The van der Waals surface area contributed by atoms with Crippen LogP contribution < -0.4 is 9.47 Å². The van der Waals surface area contributed by atoms with Gasteiger partial charge in [0.05, 0.1) is 12.7 Å². The molecule has 0 amide bonds. The van der Waals surface area contributed by atoms with E-state index in [-0.39, 0.29) is 0 Å². The summed E-state index contributed by atoms with van der Waals surface area (Å²) in [6.07, 6.45) is 6.20. The molecular weight excluding hydrogens is 380 g/mol. The molecule has 0 saturated heterocycles. The van der Waals surface area contributed by atoms with Gasteiger partial charge in [-0.1, -0.05) is 30.3 Å². The first-order valence-electron chi connectivity index (χ1n) is 9.72. The van der Waals surface area contributed by atoms with E-state index in [0.29, 0.717) is 18.1 Å². The molecule has 146 valence electrons. The average Bonchev–Trinajstić information content (AvgIpc) is 3.14. The number of thiophene rings is 1. The van der Waals surface area contributed by atoms with E-state index in [9.17, 15) is 5.26 Å². The molecule has 2 aromatic carbocycles. The van der Waals surface area contributed by atoms with Crippen molar-refractivity contribution in [2.45, 2.75) is 32.3 Å². The number of ether oxygens (including phenoxy) is 2. The highest BCUT2D eigenvalue weighted by Gasteiger charge is 2.20. The van der Waals surface area contributed by atoms with Crippen LogP contribution in [0.3, 0.4) is 0 Å². The fourth-order valence-electron chi connectivity index (χ4n) is 3.51. The number of hydrogen-bond donors (Lipinski definition) is 0. The predicted molar refractivity (Wildman–Crippen MR) is 117 cm³/mol. The quantitative estimate of drug-likeness (QED) is 0.487. The lowest BCUT2D eigenvalue weighted by Crippen LogP contribution is -1.99. The Labute approximate surface area is 175 Å². The van der Waals surface area contributed by atoms with E-state index in [2.05, 4.69) is 11.1 Å². The van der Waals surface area contributed by atoms with Crippen LogP contribution in [0.5, 0.6) is 11.5 Å². The van der Waals surface area contributed by atoms with E-state index in [1.54, 1.807) is 24.7 Å². The van der Waals surface area contributed by atoms with E-state index in [1.807, 2.05) is 48.5 Å². The van der Waals surface area contributed by atoms with Gasteiger partial charge in [-0.2, -0.15) is 5.26 Å². The largest absolute Gasteiger partial charge is 0.493 e. The van der Waals surface area contributed by atoms with Gasteiger partial charge in [-0.25, -0.2) is 4.99 Å². The zero-order valence-electron chi connectivity index (χ0n) is 16.4. The van der Waals surface area contributed by atoms with Crippen LogP contribution in [-0.2, 0) is 19.4 Å². The molecule has 1 aliphatic carbocycles. The van der Waals surface area contributed by atoms with Crippen molar-refractivity contribution in [1.29, 1.82) is 5.26 Å². The van der Waals surface area contributed by atoms with Gasteiger partial charge in [-0.05, 0) is 60.6 Å². The summed E-state index contributed by atoms with van der Waals surface area (Å²) in [7, 11) is 1.63. The summed E-state index contributed by atoms with van der Waals surface area (Å²) < 4.78 is 11.4. The summed E-state index contributed by atoms with van der Waals surface area (Å²) >= 11 is 1.65. The van der Waals surface area contributed by atoms with Gasteiger partial charge in [0.25, 0.3) is 0 Å². The maximum absolute atomic E-state index is 9.58. The molecule has 29 heavy (non-hydrogen) atoms. The molecule has 0 atom stereocenters. The van der Waals surface area contributed by atoms with E-state index in [1.165, 1.54) is 16.9 Å². The van der Waals surface area contributed by atoms with Crippen LogP contribution in [0.15, 0.2) is 53.5 Å². The van der Waals surface area contributed by atoms with Gasteiger partial charge in [-0.15, -0.1) is 11.3 Å². The Morgan fingerprint density at radius 1 is 1.10 bits per heavy atom. The number of nitriles is 1. The summed E-state index contributed by atoms with van der Waals surface area (Å²) in [6.45, 7) is 0.483. The minimum atomic E-state index is 0.483. The number of fused-ring (bicyclic) bond motifs is 1. The maximum atomic E-state index is 9.58. The molecule has 5 heteroatoms. The van der Waals surface area contributed by atoms with Crippen molar-refractivity contribution in [3.8, 4) is 17.6 Å². The Morgan fingerprint density at radius 3 is 2.72 bits per heavy atom. The molecule has 0 unspecified atom stereocenters. The molecule has 0 aliphatic heterocycles. The Hall–Kier alpha value is -3.10. The summed E-state index contributed by atoms with van der Waals surface area (Å²) in [5, 5.41) is 10.4. The molecule has 1 aromatic heterocycles. The molecule has 0 spiro atoms. The number of methoxy groups -OCH3 is 1. The lowest BCUT2D eigenvalue weighted by Gasteiger charge is -2.11. The average molecular weight is 403 g/mol. The van der Waals surface area contributed by atoms with E-state index in [0.717, 1.165) is 41.0 Å². The SMILES string of the molecule is COc1cc(/C=N/c2sc3c(c2C#N)CCCC3)ccc1OCc1ccccc1. The van der Waals surface area contributed by atoms with Crippen molar-refractivity contribution in [1.82, 2.24) is 0 Å². The molecule has 0 bridgehead atoms. The van der Waals surface area contributed by atoms with Crippen molar-refractivity contribution >= 4 is 22.6 Å². The maximum Gasteiger partial charge on any atom is 0.161 e. The molecule has 3 aromatic rings. The number of hydrogen-bond acceptors (Lipinski definition) is 5. The van der Waals surface area contributed by atoms with Gasteiger partial charge in [0.1, 0.15) is 17.7 Å². The Kier molecular flexibility index (Phi) is 5.92. The number of nitrogens with zero attached hydrogens (tertiary/aromatic N) is 2. The van der Waals surface area contributed by atoms with Crippen LogP contribution in [0.2, 0.25) is 0 Å². The van der Waals surface area contributed by atoms with Crippen LogP contribution in [-0.4, -0.2) is 13.3 Å². The molecule has 0 radical (unpaired) electrons. The van der Waals surface area contributed by atoms with Crippen LogP contribution >= 0.6 is 11.3 Å². The van der Waals surface area contributed by atoms with Gasteiger partial charge >= 0.3 is 0 Å². The highest BCUT2D eigenvalue weighted by atomic mass is 32.1. The fraction of sp³-hybridized carbons (Fsp3) is 0.250. The number of rotatable bonds is 6. The molecule has 0 N–H and O–H groups in total. The topological polar surface area (TPSA) is 54.6 Å². The normalized spacial score (nSPS) is 13.1. The van der Waals surface area contributed by atoms with Crippen molar-refractivity contribution in [2.24, 2.45) is 4.99 Å². The number of aliphatic imine (C=N–C) groups is 1. The predicted octanol–water partition coefficient (Wildman–Crippen LogP) is 5.84. The first-order valence-corrected chi connectivity index (χ1v) is 10.5. The third-order valence-electron chi connectivity index (χ3n) is 5.02. The minimum Gasteiger partial charge on any atom is -0.493 e. The zero-order chi connectivity index (χ0) is 20.1. The molecule has 1 aliphatic rings.